The highest BCUT2D eigenvalue weighted by Crippen LogP contribution is 2.13. The third-order valence-corrected chi connectivity index (χ3v) is 1.49. The highest BCUT2D eigenvalue weighted by molar-refractivity contribution is 5.28. The molecule has 0 amide bonds. The van der Waals surface area contributed by atoms with Gasteiger partial charge >= 0.3 is 0 Å². The zero-order valence-electron chi connectivity index (χ0n) is 7.53. The quantitative estimate of drug-likeness (QED) is 0.648. The van der Waals surface area contributed by atoms with E-state index < -0.39 is 0 Å². The molecule has 3 N–H and O–H groups in total. The molecule has 1 aromatic heterocycles. The number of aliphatic hydroxyl groups is 1. The van der Waals surface area contributed by atoms with Crippen molar-refractivity contribution in [1.82, 2.24) is 9.97 Å². The van der Waals surface area contributed by atoms with Crippen LogP contribution in [0.5, 0.6) is 5.88 Å². The molecule has 0 aliphatic rings. The summed E-state index contributed by atoms with van der Waals surface area (Å²) in [5, 5.41) is 8.53. The molecule has 1 rings (SSSR count). The first-order chi connectivity index (χ1) is 6.24. The highest BCUT2D eigenvalue weighted by atomic mass is 16.5. The second-order valence-electron chi connectivity index (χ2n) is 2.64. The van der Waals surface area contributed by atoms with Gasteiger partial charge in [0, 0.05) is 24.8 Å². The van der Waals surface area contributed by atoms with Gasteiger partial charge in [-0.25, -0.2) is 4.98 Å². The summed E-state index contributed by atoms with van der Waals surface area (Å²) in [5.74, 6) is 0.686. The van der Waals surface area contributed by atoms with E-state index >= 15 is 0 Å². The molecule has 0 bridgehead atoms. The summed E-state index contributed by atoms with van der Waals surface area (Å²) in [6.45, 7) is 2.39. The van der Waals surface area contributed by atoms with Crippen LogP contribution in [0.25, 0.3) is 0 Å². The van der Waals surface area contributed by atoms with Crippen molar-refractivity contribution in [2.24, 2.45) is 0 Å². The normalized spacial score (nSPS) is 10.0. The maximum Gasteiger partial charge on any atom is 0.223 e. The second kappa shape index (κ2) is 4.61. The van der Waals surface area contributed by atoms with Crippen molar-refractivity contribution in [3.63, 3.8) is 0 Å². The van der Waals surface area contributed by atoms with Crippen LogP contribution in [0, 0.1) is 6.92 Å². The van der Waals surface area contributed by atoms with Gasteiger partial charge in [-0.2, -0.15) is 4.98 Å². The molecule has 13 heavy (non-hydrogen) atoms. The maximum absolute atomic E-state index is 8.53. The van der Waals surface area contributed by atoms with Gasteiger partial charge in [-0.3, -0.25) is 0 Å². The molecular weight excluding hydrogens is 170 g/mol. The number of nitrogens with zero attached hydrogens (tertiary/aromatic N) is 2. The van der Waals surface area contributed by atoms with Crippen molar-refractivity contribution in [3.8, 4) is 5.88 Å². The standard InChI is InChI=1S/C8H13N3O2/c1-6-5-10-8(9)11-7(6)13-4-2-3-12/h5,12H,2-4H2,1H3,(H2,9,10,11). The predicted octanol–water partition coefficient (Wildman–Crippen LogP) is 0.128. The lowest BCUT2D eigenvalue weighted by Gasteiger charge is -2.06. The van der Waals surface area contributed by atoms with Gasteiger partial charge in [0.05, 0.1) is 6.61 Å². The number of anilines is 1. The third kappa shape index (κ3) is 2.87. The van der Waals surface area contributed by atoms with Crippen molar-refractivity contribution >= 4 is 5.95 Å². The molecule has 0 spiro atoms. The van der Waals surface area contributed by atoms with E-state index in [1.165, 1.54) is 0 Å². The number of hydrogen-bond donors (Lipinski definition) is 2. The Morgan fingerprint density at radius 1 is 1.62 bits per heavy atom. The van der Waals surface area contributed by atoms with E-state index in [1.54, 1.807) is 6.20 Å². The zero-order valence-corrected chi connectivity index (χ0v) is 7.53. The van der Waals surface area contributed by atoms with Crippen molar-refractivity contribution in [3.05, 3.63) is 11.8 Å². The molecule has 0 fully saturated rings. The third-order valence-electron chi connectivity index (χ3n) is 1.49. The molecule has 0 unspecified atom stereocenters. The Morgan fingerprint density at radius 3 is 3.08 bits per heavy atom. The van der Waals surface area contributed by atoms with Crippen molar-refractivity contribution in [2.45, 2.75) is 13.3 Å². The minimum Gasteiger partial charge on any atom is -0.477 e. The summed E-state index contributed by atoms with van der Waals surface area (Å²) in [6.07, 6.45) is 2.19. The van der Waals surface area contributed by atoms with Crippen molar-refractivity contribution < 1.29 is 9.84 Å². The van der Waals surface area contributed by atoms with E-state index in [-0.39, 0.29) is 12.6 Å². The average Bonchev–Trinajstić information content (AvgIpc) is 2.11. The first-order valence-corrected chi connectivity index (χ1v) is 4.07. The topological polar surface area (TPSA) is 81.3 Å². The number of aryl methyl sites for hydroxylation is 1. The number of nitrogens with two attached hydrogens (primary N) is 1. The van der Waals surface area contributed by atoms with Crippen LogP contribution >= 0.6 is 0 Å². The summed E-state index contributed by atoms with van der Waals surface area (Å²) >= 11 is 0. The first kappa shape index (κ1) is 9.73. The SMILES string of the molecule is Cc1cnc(N)nc1OCCCO. The van der Waals surface area contributed by atoms with E-state index in [1.807, 2.05) is 6.92 Å². The Morgan fingerprint density at radius 2 is 2.38 bits per heavy atom. The lowest BCUT2D eigenvalue weighted by molar-refractivity contribution is 0.228. The monoisotopic (exact) mass is 183 g/mol. The fraction of sp³-hybridized carbons (Fsp3) is 0.500. The van der Waals surface area contributed by atoms with Gasteiger partial charge in [0.25, 0.3) is 0 Å². The molecular formula is C8H13N3O2. The zero-order chi connectivity index (χ0) is 9.68. The molecule has 0 atom stereocenters. The number of ether oxygens (including phenoxy) is 1. The van der Waals surface area contributed by atoms with E-state index in [4.69, 9.17) is 15.6 Å². The van der Waals surface area contributed by atoms with Crippen LogP contribution < -0.4 is 10.5 Å². The minimum atomic E-state index is 0.111. The second-order valence-corrected chi connectivity index (χ2v) is 2.64. The number of aliphatic hydroxyl groups excluding tert-OH is 1. The average molecular weight is 183 g/mol. The number of hydrogen-bond acceptors (Lipinski definition) is 5. The fourth-order valence-electron chi connectivity index (χ4n) is 0.819. The summed E-state index contributed by atoms with van der Waals surface area (Å²) in [7, 11) is 0. The Labute approximate surface area is 76.6 Å². The molecule has 0 radical (unpaired) electrons. The molecule has 5 heteroatoms. The van der Waals surface area contributed by atoms with Gasteiger partial charge in [0.2, 0.25) is 11.8 Å². The largest absolute Gasteiger partial charge is 0.477 e. The van der Waals surface area contributed by atoms with E-state index in [0.29, 0.717) is 18.9 Å². The molecule has 1 heterocycles. The van der Waals surface area contributed by atoms with Crippen LogP contribution in [0.4, 0.5) is 5.95 Å². The molecule has 72 valence electrons. The molecule has 0 saturated heterocycles. The van der Waals surface area contributed by atoms with Gasteiger partial charge in [-0.15, -0.1) is 0 Å². The van der Waals surface area contributed by atoms with Crippen LogP contribution in [-0.2, 0) is 0 Å². The van der Waals surface area contributed by atoms with Gasteiger partial charge in [0.15, 0.2) is 0 Å². The van der Waals surface area contributed by atoms with Crippen molar-refractivity contribution in [2.75, 3.05) is 18.9 Å². The van der Waals surface area contributed by atoms with Gasteiger partial charge < -0.3 is 15.6 Å². The Balaban J connectivity index is 2.59. The fourth-order valence-corrected chi connectivity index (χ4v) is 0.819. The lowest BCUT2D eigenvalue weighted by Crippen LogP contribution is -2.05. The summed E-state index contributed by atoms with van der Waals surface area (Å²) in [6, 6.07) is 0. The molecule has 5 nitrogen and oxygen atoms in total. The van der Waals surface area contributed by atoms with Crippen LogP contribution in [0.15, 0.2) is 6.20 Å². The first-order valence-electron chi connectivity index (χ1n) is 4.07. The Bertz CT molecular complexity index is 278. The predicted molar refractivity (Wildman–Crippen MR) is 48.4 cm³/mol. The summed E-state index contributed by atoms with van der Waals surface area (Å²) in [5.41, 5.74) is 6.22. The number of aromatic nitrogens is 2. The smallest absolute Gasteiger partial charge is 0.223 e. The number of nitrogen functional groups attached to an aromatic ring is 1. The van der Waals surface area contributed by atoms with Crippen LogP contribution in [0.2, 0.25) is 0 Å². The molecule has 0 aromatic carbocycles. The van der Waals surface area contributed by atoms with Crippen LogP contribution in [0.3, 0.4) is 0 Å². The Kier molecular flexibility index (Phi) is 3.45. The number of rotatable bonds is 4. The molecule has 0 aliphatic carbocycles. The maximum atomic E-state index is 8.53. The van der Waals surface area contributed by atoms with E-state index in [9.17, 15) is 0 Å². The Hall–Kier alpha value is -1.36. The molecule has 1 aromatic rings. The van der Waals surface area contributed by atoms with E-state index in [0.717, 1.165) is 5.56 Å². The summed E-state index contributed by atoms with van der Waals surface area (Å²) < 4.78 is 5.27. The van der Waals surface area contributed by atoms with Gasteiger partial charge in [0.1, 0.15) is 0 Å². The molecule has 0 saturated carbocycles. The van der Waals surface area contributed by atoms with Crippen LogP contribution in [-0.4, -0.2) is 28.3 Å². The lowest BCUT2D eigenvalue weighted by atomic mass is 10.4. The van der Waals surface area contributed by atoms with Gasteiger partial charge in [-0.05, 0) is 6.92 Å². The van der Waals surface area contributed by atoms with Crippen LogP contribution in [0.1, 0.15) is 12.0 Å². The highest BCUT2D eigenvalue weighted by Gasteiger charge is 2.01. The molecule has 0 aliphatic heterocycles. The van der Waals surface area contributed by atoms with E-state index in [2.05, 4.69) is 9.97 Å². The minimum absolute atomic E-state index is 0.111. The van der Waals surface area contributed by atoms with Crippen molar-refractivity contribution in [1.29, 1.82) is 0 Å². The van der Waals surface area contributed by atoms with Gasteiger partial charge in [-0.1, -0.05) is 0 Å². The summed E-state index contributed by atoms with van der Waals surface area (Å²) in [4.78, 5) is 7.71.